The molecule has 0 radical (unpaired) electrons. The molecule has 0 spiro atoms. The molecule has 0 fully saturated rings. The normalized spacial score (nSPS) is 17.5. The third-order valence-electron chi connectivity index (χ3n) is 2.37. The Bertz CT molecular complexity index is 297. The monoisotopic (exact) mass is 210 g/mol. The zero-order valence-corrected chi connectivity index (χ0v) is 8.30. The Hall–Kier alpha value is -0.940. The van der Waals surface area contributed by atoms with Gasteiger partial charge in [-0.1, -0.05) is 24.3 Å². The molecule has 1 aliphatic rings. The van der Waals surface area contributed by atoms with Gasteiger partial charge in [-0.3, -0.25) is 0 Å². The lowest BCUT2D eigenvalue weighted by atomic mass is 10.1. The van der Waals surface area contributed by atoms with Crippen molar-refractivity contribution in [2.45, 2.75) is 32.2 Å². The molecule has 1 heterocycles. The van der Waals surface area contributed by atoms with Gasteiger partial charge in [-0.25, -0.2) is 0 Å². The zero-order valence-electron chi connectivity index (χ0n) is 8.30. The number of hydrogen-bond donors (Lipinski definition) is 2. The van der Waals surface area contributed by atoms with Crippen LogP contribution in [0.1, 0.15) is 17.5 Å². The quantitative estimate of drug-likeness (QED) is 0.707. The summed E-state index contributed by atoms with van der Waals surface area (Å²) in [6.45, 7) is 0.904. The summed E-state index contributed by atoms with van der Waals surface area (Å²) in [7, 11) is 0. The molecule has 0 saturated heterocycles. The van der Waals surface area contributed by atoms with Gasteiger partial charge >= 0.3 is 0 Å². The van der Waals surface area contributed by atoms with Crippen LogP contribution in [0.3, 0.4) is 0 Å². The molecule has 0 aromatic heterocycles. The SMILES string of the molecule is OC(O)CC1OCc2ccccc2CO1. The molecule has 0 saturated carbocycles. The summed E-state index contributed by atoms with van der Waals surface area (Å²) >= 11 is 0. The van der Waals surface area contributed by atoms with Crippen LogP contribution >= 0.6 is 0 Å². The Kier molecular flexibility index (Phi) is 3.33. The molecule has 82 valence electrons. The van der Waals surface area contributed by atoms with Crippen LogP contribution in [0.5, 0.6) is 0 Å². The van der Waals surface area contributed by atoms with Crippen molar-refractivity contribution in [2.75, 3.05) is 0 Å². The van der Waals surface area contributed by atoms with Crippen molar-refractivity contribution in [2.24, 2.45) is 0 Å². The van der Waals surface area contributed by atoms with E-state index in [9.17, 15) is 0 Å². The number of aliphatic hydroxyl groups is 2. The topological polar surface area (TPSA) is 58.9 Å². The minimum absolute atomic E-state index is 0.0774. The van der Waals surface area contributed by atoms with Crippen molar-refractivity contribution in [1.29, 1.82) is 0 Å². The van der Waals surface area contributed by atoms with Crippen LogP contribution in [0, 0.1) is 0 Å². The number of ether oxygens (including phenoxy) is 2. The average Bonchev–Trinajstić information content (AvgIpc) is 2.41. The van der Waals surface area contributed by atoms with Gasteiger partial charge in [-0.15, -0.1) is 0 Å². The van der Waals surface area contributed by atoms with E-state index in [0.717, 1.165) is 11.1 Å². The van der Waals surface area contributed by atoms with Crippen molar-refractivity contribution < 1.29 is 19.7 Å². The van der Waals surface area contributed by atoms with Crippen LogP contribution in [0.15, 0.2) is 24.3 Å². The second kappa shape index (κ2) is 4.72. The number of fused-ring (bicyclic) bond motifs is 1. The molecule has 1 aliphatic heterocycles. The standard InChI is InChI=1S/C11H14O4/c12-10(13)5-11-14-6-8-3-1-2-4-9(8)7-15-11/h1-4,10-13H,5-7H2. The van der Waals surface area contributed by atoms with Gasteiger partial charge in [0.1, 0.15) is 0 Å². The second-order valence-corrected chi connectivity index (χ2v) is 3.54. The first-order chi connectivity index (χ1) is 7.25. The first-order valence-electron chi connectivity index (χ1n) is 4.92. The summed E-state index contributed by atoms with van der Waals surface area (Å²) in [5, 5.41) is 17.6. The fourth-order valence-corrected chi connectivity index (χ4v) is 1.56. The summed E-state index contributed by atoms with van der Waals surface area (Å²) in [5.41, 5.74) is 2.18. The highest BCUT2D eigenvalue weighted by molar-refractivity contribution is 5.26. The maximum absolute atomic E-state index is 8.81. The minimum Gasteiger partial charge on any atom is -0.368 e. The lowest BCUT2D eigenvalue weighted by Gasteiger charge is -2.15. The first kappa shape index (κ1) is 10.6. The Morgan fingerprint density at radius 2 is 1.67 bits per heavy atom. The van der Waals surface area contributed by atoms with Gasteiger partial charge in [-0.05, 0) is 11.1 Å². The van der Waals surface area contributed by atoms with Crippen LogP contribution in [0.4, 0.5) is 0 Å². The van der Waals surface area contributed by atoms with Crippen LogP contribution in [0.2, 0.25) is 0 Å². The maximum Gasteiger partial charge on any atom is 0.163 e. The molecule has 4 nitrogen and oxygen atoms in total. The van der Waals surface area contributed by atoms with Gasteiger partial charge in [0.15, 0.2) is 12.6 Å². The molecule has 0 atom stereocenters. The Morgan fingerprint density at radius 1 is 1.13 bits per heavy atom. The number of rotatable bonds is 2. The summed E-state index contributed by atoms with van der Waals surface area (Å²) in [6.07, 6.45) is -1.86. The molecule has 0 unspecified atom stereocenters. The average molecular weight is 210 g/mol. The molecule has 1 aromatic rings. The number of aliphatic hydroxyl groups excluding tert-OH is 1. The van der Waals surface area contributed by atoms with E-state index < -0.39 is 12.6 Å². The third-order valence-corrected chi connectivity index (χ3v) is 2.37. The molecule has 2 N–H and O–H groups in total. The highest BCUT2D eigenvalue weighted by Gasteiger charge is 2.18. The highest BCUT2D eigenvalue weighted by Crippen LogP contribution is 2.19. The predicted octanol–water partition coefficient (Wildman–Crippen LogP) is 0.760. The van der Waals surface area contributed by atoms with Crippen LogP contribution in [-0.2, 0) is 22.7 Å². The van der Waals surface area contributed by atoms with E-state index in [1.165, 1.54) is 0 Å². The van der Waals surface area contributed by atoms with E-state index in [0.29, 0.717) is 13.2 Å². The lowest BCUT2D eigenvalue weighted by Crippen LogP contribution is -2.21. The van der Waals surface area contributed by atoms with Crippen molar-refractivity contribution in [1.82, 2.24) is 0 Å². The Balaban J connectivity index is 2.02. The molecule has 0 amide bonds. The molecule has 0 bridgehead atoms. The van der Waals surface area contributed by atoms with E-state index in [1.54, 1.807) is 0 Å². The van der Waals surface area contributed by atoms with Crippen LogP contribution in [-0.4, -0.2) is 22.8 Å². The first-order valence-corrected chi connectivity index (χ1v) is 4.92. The summed E-state index contributed by atoms with van der Waals surface area (Å²) < 4.78 is 10.8. The van der Waals surface area contributed by atoms with Gasteiger partial charge in [0.25, 0.3) is 0 Å². The molecule has 15 heavy (non-hydrogen) atoms. The van der Waals surface area contributed by atoms with E-state index in [-0.39, 0.29) is 6.42 Å². The van der Waals surface area contributed by atoms with E-state index in [1.807, 2.05) is 24.3 Å². The molecule has 0 aliphatic carbocycles. The minimum atomic E-state index is -1.39. The van der Waals surface area contributed by atoms with E-state index in [2.05, 4.69) is 0 Å². The molecular formula is C11H14O4. The van der Waals surface area contributed by atoms with Gasteiger partial charge in [-0.2, -0.15) is 0 Å². The molecule has 1 aromatic carbocycles. The predicted molar refractivity (Wildman–Crippen MR) is 52.7 cm³/mol. The smallest absolute Gasteiger partial charge is 0.163 e. The van der Waals surface area contributed by atoms with Crippen molar-refractivity contribution in [3.63, 3.8) is 0 Å². The van der Waals surface area contributed by atoms with Gasteiger partial charge in [0, 0.05) is 6.42 Å². The van der Waals surface area contributed by atoms with Gasteiger partial charge in [0.05, 0.1) is 13.2 Å². The fourth-order valence-electron chi connectivity index (χ4n) is 1.56. The van der Waals surface area contributed by atoms with Crippen LogP contribution in [0.25, 0.3) is 0 Å². The largest absolute Gasteiger partial charge is 0.368 e. The second-order valence-electron chi connectivity index (χ2n) is 3.54. The Morgan fingerprint density at radius 3 is 2.13 bits per heavy atom. The Labute approximate surface area is 88.1 Å². The van der Waals surface area contributed by atoms with Crippen LogP contribution < -0.4 is 0 Å². The fraction of sp³-hybridized carbons (Fsp3) is 0.455. The highest BCUT2D eigenvalue weighted by atomic mass is 16.7. The maximum atomic E-state index is 8.81. The van der Waals surface area contributed by atoms with E-state index >= 15 is 0 Å². The number of benzene rings is 1. The van der Waals surface area contributed by atoms with E-state index in [4.69, 9.17) is 19.7 Å². The summed E-state index contributed by atoms with van der Waals surface area (Å²) in [6, 6.07) is 7.86. The summed E-state index contributed by atoms with van der Waals surface area (Å²) in [4.78, 5) is 0. The third kappa shape index (κ3) is 2.76. The van der Waals surface area contributed by atoms with Crippen molar-refractivity contribution in [3.8, 4) is 0 Å². The van der Waals surface area contributed by atoms with Gasteiger partial charge in [0.2, 0.25) is 0 Å². The van der Waals surface area contributed by atoms with Gasteiger partial charge < -0.3 is 19.7 Å². The summed E-state index contributed by atoms with van der Waals surface area (Å²) in [5.74, 6) is 0. The van der Waals surface area contributed by atoms with Crippen molar-refractivity contribution in [3.05, 3.63) is 35.4 Å². The zero-order chi connectivity index (χ0) is 10.7. The number of hydrogen-bond acceptors (Lipinski definition) is 4. The molecule has 4 heteroatoms. The molecular weight excluding hydrogens is 196 g/mol. The molecule has 2 rings (SSSR count). The van der Waals surface area contributed by atoms with Crippen molar-refractivity contribution >= 4 is 0 Å². The lowest BCUT2D eigenvalue weighted by molar-refractivity contribution is -0.188.